The minimum atomic E-state index is -4.19. The van der Waals surface area contributed by atoms with E-state index in [0.717, 1.165) is 12.1 Å². The summed E-state index contributed by atoms with van der Waals surface area (Å²) in [6.07, 6.45) is 0. The molecule has 2 aromatic rings. The highest BCUT2D eigenvalue weighted by atomic mass is 32.2. The van der Waals surface area contributed by atoms with Crippen LogP contribution in [0.5, 0.6) is 0 Å². The highest BCUT2D eigenvalue weighted by Crippen LogP contribution is 2.30. The molecule has 0 saturated carbocycles. The number of carbonyl (C=O) groups excluding carboxylic acids is 2. The first-order valence-electron chi connectivity index (χ1n) is 7.11. The molecule has 9 nitrogen and oxygen atoms in total. The van der Waals surface area contributed by atoms with Crippen molar-refractivity contribution >= 4 is 33.2 Å². The standard InChI is InChI=1S/C15H10FN3O6S/c16-9-5-6-11(12(7-9)19(22)23)17-14(20)8-18-15(21)10-3-1-2-4-13(10)26(18,24)25/h1-7H,8H2,(H,17,20). The van der Waals surface area contributed by atoms with E-state index in [1.54, 1.807) is 0 Å². The smallest absolute Gasteiger partial charge is 0.295 e. The summed E-state index contributed by atoms with van der Waals surface area (Å²) in [6, 6.07) is 7.97. The topological polar surface area (TPSA) is 127 Å². The van der Waals surface area contributed by atoms with Crippen molar-refractivity contribution in [3.8, 4) is 0 Å². The number of nitrogens with one attached hydrogen (secondary N) is 1. The van der Waals surface area contributed by atoms with Crippen LogP contribution in [0, 0.1) is 15.9 Å². The number of carbonyl (C=O) groups is 2. The Morgan fingerprint density at radius 2 is 1.92 bits per heavy atom. The second-order valence-electron chi connectivity index (χ2n) is 5.28. The van der Waals surface area contributed by atoms with Gasteiger partial charge in [0.2, 0.25) is 5.91 Å². The summed E-state index contributed by atoms with van der Waals surface area (Å²) in [5, 5.41) is 13.1. The zero-order chi connectivity index (χ0) is 19.1. The summed E-state index contributed by atoms with van der Waals surface area (Å²) in [4.78, 5) is 34.2. The van der Waals surface area contributed by atoms with Crippen molar-refractivity contribution in [3.05, 3.63) is 64.0 Å². The third kappa shape index (κ3) is 2.88. The van der Waals surface area contributed by atoms with E-state index < -0.39 is 44.8 Å². The Balaban J connectivity index is 1.84. The van der Waals surface area contributed by atoms with Crippen molar-refractivity contribution < 1.29 is 27.3 Å². The van der Waals surface area contributed by atoms with Crippen LogP contribution in [0.15, 0.2) is 47.4 Å². The maximum atomic E-state index is 13.1. The molecule has 0 spiro atoms. The molecule has 1 aliphatic heterocycles. The number of amides is 2. The molecule has 134 valence electrons. The summed E-state index contributed by atoms with van der Waals surface area (Å²) in [5.74, 6) is -2.73. The van der Waals surface area contributed by atoms with Gasteiger partial charge in [0.05, 0.1) is 16.6 Å². The Labute approximate surface area is 146 Å². The number of halogens is 1. The summed E-state index contributed by atoms with van der Waals surface area (Å²) >= 11 is 0. The first kappa shape index (κ1) is 17.5. The summed E-state index contributed by atoms with van der Waals surface area (Å²) < 4.78 is 38.2. The van der Waals surface area contributed by atoms with Crippen LogP contribution >= 0.6 is 0 Å². The number of hydrogen-bond donors (Lipinski definition) is 1. The predicted octanol–water partition coefficient (Wildman–Crippen LogP) is 1.52. The van der Waals surface area contributed by atoms with E-state index in [-0.39, 0.29) is 16.1 Å². The largest absolute Gasteiger partial charge is 0.319 e. The normalized spacial score (nSPS) is 14.8. The maximum absolute atomic E-state index is 13.1. The molecular weight excluding hydrogens is 369 g/mol. The van der Waals surface area contributed by atoms with Crippen LogP contribution in [0.1, 0.15) is 10.4 Å². The first-order chi connectivity index (χ1) is 12.2. The summed E-state index contributed by atoms with van der Waals surface area (Å²) in [7, 11) is -4.19. The maximum Gasteiger partial charge on any atom is 0.295 e. The molecule has 11 heteroatoms. The van der Waals surface area contributed by atoms with Crippen LogP contribution in [0.2, 0.25) is 0 Å². The highest BCUT2D eigenvalue weighted by Gasteiger charge is 2.41. The van der Waals surface area contributed by atoms with Gasteiger partial charge in [-0.25, -0.2) is 17.1 Å². The van der Waals surface area contributed by atoms with Crippen LogP contribution in [0.25, 0.3) is 0 Å². The van der Waals surface area contributed by atoms with Crippen molar-refractivity contribution in [3.63, 3.8) is 0 Å². The van der Waals surface area contributed by atoms with E-state index in [1.165, 1.54) is 24.3 Å². The highest BCUT2D eigenvalue weighted by molar-refractivity contribution is 7.90. The van der Waals surface area contributed by atoms with Gasteiger partial charge in [-0.3, -0.25) is 19.7 Å². The molecule has 0 atom stereocenters. The van der Waals surface area contributed by atoms with Crippen molar-refractivity contribution in [2.75, 3.05) is 11.9 Å². The molecule has 3 rings (SSSR count). The summed E-state index contributed by atoms with van der Waals surface area (Å²) in [5.41, 5.74) is -1.08. The van der Waals surface area contributed by atoms with Crippen LogP contribution in [-0.2, 0) is 14.8 Å². The molecule has 0 unspecified atom stereocenters. The molecule has 1 aliphatic rings. The number of anilines is 1. The number of hydrogen-bond acceptors (Lipinski definition) is 6. The van der Waals surface area contributed by atoms with E-state index >= 15 is 0 Å². The quantitative estimate of drug-likeness (QED) is 0.634. The van der Waals surface area contributed by atoms with Crippen LogP contribution in [0.4, 0.5) is 15.8 Å². The van der Waals surface area contributed by atoms with Crippen molar-refractivity contribution in [2.45, 2.75) is 4.90 Å². The number of nitrogens with zero attached hydrogens (tertiary/aromatic N) is 2. The first-order valence-corrected chi connectivity index (χ1v) is 8.55. The molecule has 0 aliphatic carbocycles. The fourth-order valence-electron chi connectivity index (χ4n) is 2.47. The average molecular weight is 379 g/mol. The predicted molar refractivity (Wildman–Crippen MR) is 86.3 cm³/mol. The van der Waals surface area contributed by atoms with Crippen molar-refractivity contribution in [1.29, 1.82) is 0 Å². The number of nitro groups is 1. The Kier molecular flexibility index (Phi) is 4.16. The van der Waals surface area contributed by atoms with Crippen molar-refractivity contribution in [1.82, 2.24) is 4.31 Å². The average Bonchev–Trinajstić information content (AvgIpc) is 2.78. The van der Waals surface area contributed by atoms with Gasteiger partial charge in [0.25, 0.3) is 21.6 Å². The van der Waals surface area contributed by atoms with E-state index in [2.05, 4.69) is 5.32 Å². The lowest BCUT2D eigenvalue weighted by Gasteiger charge is -2.14. The number of benzene rings is 2. The third-order valence-electron chi connectivity index (χ3n) is 3.63. The second kappa shape index (κ2) is 6.19. The molecule has 0 radical (unpaired) electrons. The van der Waals surface area contributed by atoms with Gasteiger partial charge in [0.15, 0.2) is 0 Å². The molecule has 0 aromatic heterocycles. The van der Waals surface area contributed by atoms with Crippen molar-refractivity contribution in [2.24, 2.45) is 0 Å². The number of sulfonamides is 1. The Morgan fingerprint density at radius 3 is 2.58 bits per heavy atom. The van der Waals surface area contributed by atoms with Gasteiger partial charge in [0, 0.05) is 0 Å². The van der Waals surface area contributed by atoms with Crippen LogP contribution in [0.3, 0.4) is 0 Å². The van der Waals surface area contributed by atoms with Crippen LogP contribution in [-0.4, -0.2) is 36.0 Å². The summed E-state index contributed by atoms with van der Waals surface area (Å²) in [6.45, 7) is -0.871. The number of rotatable bonds is 4. The molecule has 2 amide bonds. The van der Waals surface area contributed by atoms with Crippen LogP contribution < -0.4 is 5.32 Å². The fourth-order valence-corrected chi connectivity index (χ4v) is 3.99. The third-order valence-corrected chi connectivity index (χ3v) is 5.42. The molecular formula is C15H10FN3O6S. The van der Waals surface area contributed by atoms with Gasteiger partial charge < -0.3 is 5.32 Å². The number of nitro benzene ring substituents is 1. The van der Waals surface area contributed by atoms with E-state index in [9.17, 15) is 32.5 Å². The monoisotopic (exact) mass is 379 g/mol. The molecule has 2 aromatic carbocycles. The van der Waals surface area contributed by atoms with Gasteiger partial charge in [-0.1, -0.05) is 12.1 Å². The molecule has 0 bridgehead atoms. The minimum absolute atomic E-state index is 0.0620. The molecule has 0 fully saturated rings. The lowest BCUT2D eigenvalue weighted by molar-refractivity contribution is -0.384. The Hall–Kier alpha value is -3.34. The van der Waals surface area contributed by atoms with Gasteiger partial charge in [-0.15, -0.1) is 0 Å². The molecule has 1 heterocycles. The zero-order valence-corrected chi connectivity index (χ0v) is 13.7. The molecule has 26 heavy (non-hydrogen) atoms. The molecule has 1 N–H and O–H groups in total. The van der Waals surface area contributed by atoms with Gasteiger partial charge in [0.1, 0.15) is 22.9 Å². The minimum Gasteiger partial charge on any atom is -0.319 e. The van der Waals surface area contributed by atoms with Gasteiger partial charge in [-0.2, -0.15) is 0 Å². The van der Waals surface area contributed by atoms with E-state index in [4.69, 9.17) is 0 Å². The van der Waals surface area contributed by atoms with Gasteiger partial charge in [-0.05, 0) is 24.3 Å². The zero-order valence-electron chi connectivity index (χ0n) is 12.9. The van der Waals surface area contributed by atoms with E-state index in [0.29, 0.717) is 10.4 Å². The van der Waals surface area contributed by atoms with Gasteiger partial charge >= 0.3 is 0 Å². The number of fused-ring (bicyclic) bond motifs is 1. The lowest BCUT2D eigenvalue weighted by Crippen LogP contribution is -2.37. The lowest BCUT2D eigenvalue weighted by atomic mass is 10.2. The Bertz CT molecular complexity index is 1050. The fraction of sp³-hybridized carbons (Fsp3) is 0.0667. The SMILES string of the molecule is O=C(CN1C(=O)c2ccccc2S1(=O)=O)Nc1ccc(F)cc1[N+](=O)[O-]. The second-order valence-corrected chi connectivity index (χ2v) is 7.11. The Morgan fingerprint density at radius 1 is 1.23 bits per heavy atom. The van der Waals surface area contributed by atoms with E-state index in [1.807, 2.05) is 0 Å². The molecule has 0 saturated heterocycles.